The summed E-state index contributed by atoms with van der Waals surface area (Å²) >= 11 is 5.85. The lowest BCUT2D eigenvalue weighted by molar-refractivity contribution is -0.384. The van der Waals surface area contributed by atoms with Gasteiger partial charge in [0.15, 0.2) is 0 Å². The van der Waals surface area contributed by atoms with Gasteiger partial charge in [0.2, 0.25) is 0 Å². The van der Waals surface area contributed by atoms with Crippen LogP contribution in [0.2, 0.25) is 5.02 Å². The van der Waals surface area contributed by atoms with Gasteiger partial charge in [-0.15, -0.1) is 0 Å². The Labute approximate surface area is 181 Å². The smallest absolute Gasteiger partial charge is 0.271 e. The Hall–Kier alpha value is -4.24. The Balaban J connectivity index is 1.68. The van der Waals surface area contributed by atoms with Crippen molar-refractivity contribution in [3.63, 3.8) is 0 Å². The predicted molar refractivity (Wildman–Crippen MR) is 116 cm³/mol. The number of halogens is 1. The van der Waals surface area contributed by atoms with Crippen LogP contribution in [-0.2, 0) is 0 Å². The zero-order chi connectivity index (χ0) is 22.4. The standard InChI is InChI=1S/C21H15ClN4O5/c22-16-7-8-19(27)15(9-16)12-23-25-21(29)13-3-1-5-17(10-13)24-20(28)14-4-2-6-18(11-14)26(30)31/h1-12,27H,(H,24,28)(H,25,29)/b23-12-. The minimum atomic E-state index is -0.592. The van der Waals surface area contributed by atoms with Gasteiger partial charge in [0.05, 0.1) is 11.1 Å². The van der Waals surface area contributed by atoms with Crippen LogP contribution in [0.25, 0.3) is 0 Å². The number of aromatic hydroxyl groups is 1. The van der Waals surface area contributed by atoms with Crippen molar-refractivity contribution in [3.8, 4) is 5.75 Å². The molecule has 3 aromatic carbocycles. The maximum Gasteiger partial charge on any atom is 0.271 e. The maximum atomic E-state index is 12.4. The number of nitro benzene ring substituents is 1. The first-order valence-electron chi connectivity index (χ1n) is 8.81. The second kappa shape index (κ2) is 9.51. The van der Waals surface area contributed by atoms with Crippen LogP contribution in [-0.4, -0.2) is 28.1 Å². The summed E-state index contributed by atoms with van der Waals surface area (Å²) < 4.78 is 0. The molecule has 2 amide bonds. The molecule has 3 rings (SSSR count). The highest BCUT2D eigenvalue weighted by molar-refractivity contribution is 6.30. The van der Waals surface area contributed by atoms with E-state index in [1.54, 1.807) is 12.1 Å². The number of rotatable bonds is 6. The molecule has 0 aliphatic rings. The summed E-state index contributed by atoms with van der Waals surface area (Å²) in [6.45, 7) is 0. The van der Waals surface area contributed by atoms with E-state index in [1.165, 1.54) is 54.7 Å². The van der Waals surface area contributed by atoms with Gasteiger partial charge in [0.25, 0.3) is 17.5 Å². The minimum absolute atomic E-state index is 0.0479. The van der Waals surface area contributed by atoms with Gasteiger partial charge in [-0.2, -0.15) is 5.10 Å². The number of anilines is 1. The number of non-ortho nitro benzene ring substituents is 1. The molecule has 0 fully saturated rings. The summed E-state index contributed by atoms with van der Waals surface area (Å²) in [5.41, 5.74) is 3.07. The number of phenolic OH excluding ortho intramolecular Hbond substituents is 1. The van der Waals surface area contributed by atoms with E-state index in [0.717, 1.165) is 6.07 Å². The first-order valence-corrected chi connectivity index (χ1v) is 9.19. The lowest BCUT2D eigenvalue weighted by atomic mass is 10.1. The molecule has 0 bridgehead atoms. The maximum absolute atomic E-state index is 12.4. The average Bonchev–Trinajstić information content (AvgIpc) is 2.76. The molecule has 0 atom stereocenters. The van der Waals surface area contributed by atoms with Gasteiger partial charge in [0.1, 0.15) is 5.75 Å². The highest BCUT2D eigenvalue weighted by Gasteiger charge is 2.13. The van der Waals surface area contributed by atoms with Crippen molar-refractivity contribution in [1.82, 2.24) is 5.43 Å². The van der Waals surface area contributed by atoms with E-state index >= 15 is 0 Å². The van der Waals surface area contributed by atoms with Crippen molar-refractivity contribution in [2.24, 2.45) is 5.10 Å². The van der Waals surface area contributed by atoms with Crippen molar-refractivity contribution in [2.75, 3.05) is 5.32 Å². The largest absolute Gasteiger partial charge is 0.507 e. The Morgan fingerprint density at radius 2 is 1.71 bits per heavy atom. The van der Waals surface area contributed by atoms with Crippen LogP contribution in [0.15, 0.2) is 71.8 Å². The van der Waals surface area contributed by atoms with E-state index < -0.39 is 16.7 Å². The van der Waals surface area contributed by atoms with Crippen LogP contribution in [0, 0.1) is 10.1 Å². The van der Waals surface area contributed by atoms with E-state index in [2.05, 4.69) is 15.8 Å². The zero-order valence-corrected chi connectivity index (χ0v) is 16.5. The number of phenols is 1. The van der Waals surface area contributed by atoms with Gasteiger partial charge in [0, 0.05) is 39.5 Å². The van der Waals surface area contributed by atoms with E-state index in [1.807, 2.05) is 0 Å². The van der Waals surface area contributed by atoms with Crippen LogP contribution in [0.3, 0.4) is 0 Å². The first kappa shape index (κ1) is 21.5. The zero-order valence-electron chi connectivity index (χ0n) is 15.8. The summed E-state index contributed by atoms with van der Waals surface area (Å²) in [5.74, 6) is -1.16. The van der Waals surface area contributed by atoms with Crippen LogP contribution in [0.1, 0.15) is 26.3 Å². The SMILES string of the molecule is O=C(N/N=C\c1cc(Cl)ccc1O)c1cccc(NC(=O)c2cccc([N+](=O)[O-])c2)c1. The van der Waals surface area contributed by atoms with Crippen molar-refractivity contribution in [1.29, 1.82) is 0 Å². The third-order valence-corrected chi connectivity index (χ3v) is 4.30. The van der Waals surface area contributed by atoms with E-state index in [9.17, 15) is 24.8 Å². The van der Waals surface area contributed by atoms with Gasteiger partial charge in [-0.3, -0.25) is 19.7 Å². The number of amides is 2. The highest BCUT2D eigenvalue weighted by Crippen LogP contribution is 2.20. The summed E-state index contributed by atoms with van der Waals surface area (Å²) in [6.07, 6.45) is 1.24. The van der Waals surface area contributed by atoms with E-state index in [4.69, 9.17) is 11.6 Å². The van der Waals surface area contributed by atoms with Crippen molar-refractivity contribution >= 4 is 41.0 Å². The lowest BCUT2D eigenvalue weighted by Crippen LogP contribution is -2.18. The molecule has 0 saturated heterocycles. The molecule has 31 heavy (non-hydrogen) atoms. The topological polar surface area (TPSA) is 134 Å². The molecule has 0 unspecified atom stereocenters. The number of hydrogen-bond donors (Lipinski definition) is 3. The average molecular weight is 439 g/mol. The molecule has 0 aliphatic heterocycles. The fourth-order valence-electron chi connectivity index (χ4n) is 2.56. The number of carbonyl (C=O) groups excluding carboxylic acids is 2. The van der Waals surface area contributed by atoms with Crippen LogP contribution in [0.5, 0.6) is 5.75 Å². The molecule has 0 radical (unpaired) electrons. The molecular formula is C21H15ClN4O5. The van der Waals surface area contributed by atoms with Crippen LogP contribution < -0.4 is 10.7 Å². The van der Waals surface area contributed by atoms with Crippen LogP contribution in [0.4, 0.5) is 11.4 Å². The third kappa shape index (κ3) is 5.64. The molecule has 0 aromatic heterocycles. The number of nitrogens with one attached hydrogen (secondary N) is 2. The molecule has 0 spiro atoms. The van der Waals surface area contributed by atoms with Gasteiger partial charge in [-0.05, 0) is 42.5 Å². The predicted octanol–water partition coefficient (Wildman–Crippen LogP) is 3.97. The van der Waals surface area contributed by atoms with E-state index in [-0.39, 0.29) is 22.6 Å². The van der Waals surface area contributed by atoms with Gasteiger partial charge in [-0.1, -0.05) is 23.7 Å². The molecule has 0 saturated carbocycles. The summed E-state index contributed by atoms with van der Waals surface area (Å²) in [7, 11) is 0. The Morgan fingerprint density at radius 1 is 1.00 bits per heavy atom. The monoisotopic (exact) mass is 438 g/mol. The Bertz CT molecular complexity index is 1200. The van der Waals surface area contributed by atoms with Gasteiger partial charge < -0.3 is 10.4 Å². The number of hydrogen-bond acceptors (Lipinski definition) is 6. The number of benzene rings is 3. The summed E-state index contributed by atoms with van der Waals surface area (Å²) in [6, 6.07) is 15.8. The first-order chi connectivity index (χ1) is 14.8. The number of carbonyl (C=O) groups is 2. The molecule has 0 heterocycles. The second-order valence-electron chi connectivity index (χ2n) is 6.24. The third-order valence-electron chi connectivity index (χ3n) is 4.06. The Morgan fingerprint density at radius 3 is 2.45 bits per heavy atom. The Kier molecular flexibility index (Phi) is 6.58. The quantitative estimate of drug-likeness (QED) is 0.304. The summed E-state index contributed by atoms with van der Waals surface area (Å²) in [5, 5.41) is 27.4. The molecule has 3 N–H and O–H groups in total. The fraction of sp³-hybridized carbons (Fsp3) is 0. The summed E-state index contributed by atoms with van der Waals surface area (Å²) in [4.78, 5) is 35.0. The van der Waals surface area contributed by atoms with Crippen molar-refractivity contribution in [2.45, 2.75) is 0 Å². The molecule has 156 valence electrons. The molecule has 10 heteroatoms. The number of nitrogens with zero attached hydrogens (tertiary/aromatic N) is 2. The number of hydrazone groups is 1. The second-order valence-corrected chi connectivity index (χ2v) is 6.68. The lowest BCUT2D eigenvalue weighted by Gasteiger charge is -2.07. The van der Waals surface area contributed by atoms with Crippen LogP contribution >= 0.6 is 11.6 Å². The van der Waals surface area contributed by atoms with Gasteiger partial charge in [-0.25, -0.2) is 5.43 Å². The molecule has 3 aromatic rings. The molecule has 9 nitrogen and oxygen atoms in total. The van der Waals surface area contributed by atoms with E-state index in [0.29, 0.717) is 16.3 Å². The van der Waals surface area contributed by atoms with Crippen molar-refractivity contribution < 1.29 is 19.6 Å². The minimum Gasteiger partial charge on any atom is -0.507 e. The highest BCUT2D eigenvalue weighted by atomic mass is 35.5. The molecular weight excluding hydrogens is 424 g/mol. The number of nitro groups is 1. The molecule has 0 aliphatic carbocycles. The van der Waals surface area contributed by atoms with Gasteiger partial charge >= 0.3 is 0 Å². The fourth-order valence-corrected chi connectivity index (χ4v) is 2.74. The van der Waals surface area contributed by atoms with Crippen molar-refractivity contribution in [3.05, 3.63) is 98.6 Å². The normalized spacial score (nSPS) is 10.6.